The average Bonchev–Trinajstić information content (AvgIpc) is 2.40. The largest absolute Gasteiger partial charge is 0.394 e. The van der Waals surface area contributed by atoms with E-state index in [1.54, 1.807) is 0 Å². The molecule has 0 spiro atoms. The van der Waals surface area contributed by atoms with E-state index in [9.17, 15) is 4.79 Å². The second-order valence-corrected chi connectivity index (χ2v) is 7.24. The van der Waals surface area contributed by atoms with E-state index in [2.05, 4.69) is 33.0 Å². The van der Waals surface area contributed by atoms with Gasteiger partial charge in [-0.1, -0.05) is 13.8 Å². The molecule has 0 aromatic carbocycles. The molecular formula is C11H22N2O2S. The minimum absolute atomic E-state index is 0.00827. The Hall–Kier alpha value is -0.260. The van der Waals surface area contributed by atoms with E-state index < -0.39 is 6.04 Å². The molecule has 4 N–H and O–H groups in total. The van der Waals surface area contributed by atoms with Crippen LogP contribution in [-0.4, -0.2) is 40.2 Å². The molecule has 1 unspecified atom stereocenters. The molecule has 0 saturated carbocycles. The Kier molecular flexibility index (Phi) is 3.92. The minimum atomic E-state index is -0.822. The molecule has 94 valence electrons. The van der Waals surface area contributed by atoms with E-state index in [4.69, 9.17) is 10.8 Å². The Morgan fingerprint density at radius 1 is 1.56 bits per heavy atom. The van der Waals surface area contributed by atoms with Crippen LogP contribution in [-0.2, 0) is 4.79 Å². The maximum Gasteiger partial charge on any atom is 0.239 e. The summed E-state index contributed by atoms with van der Waals surface area (Å²) in [6, 6.07) is -0.743. The predicted molar refractivity (Wildman–Crippen MR) is 67.3 cm³/mol. The number of aliphatic hydroxyl groups excluding tert-OH is 1. The molecule has 2 atom stereocenters. The fraction of sp³-hybridized carbons (Fsp3) is 0.909. The number of hydrogen-bond acceptors (Lipinski definition) is 4. The van der Waals surface area contributed by atoms with Crippen LogP contribution in [0.25, 0.3) is 0 Å². The minimum Gasteiger partial charge on any atom is -0.394 e. The number of nitrogens with two attached hydrogens (primary N) is 1. The smallest absolute Gasteiger partial charge is 0.239 e. The van der Waals surface area contributed by atoms with Gasteiger partial charge in [0.05, 0.1) is 6.61 Å². The van der Waals surface area contributed by atoms with Crippen LogP contribution in [0.15, 0.2) is 0 Å². The molecule has 1 fully saturated rings. The van der Waals surface area contributed by atoms with Crippen LogP contribution in [0, 0.1) is 5.41 Å². The molecule has 16 heavy (non-hydrogen) atoms. The Morgan fingerprint density at radius 3 is 2.50 bits per heavy atom. The predicted octanol–water partition coefficient (Wildman–Crippen LogP) is 0.342. The summed E-state index contributed by atoms with van der Waals surface area (Å²) in [5, 5.41) is 11.8. The second kappa shape index (κ2) is 4.55. The lowest BCUT2D eigenvalue weighted by molar-refractivity contribution is -0.124. The zero-order valence-corrected chi connectivity index (χ0v) is 11.2. The summed E-state index contributed by atoms with van der Waals surface area (Å²) in [7, 11) is 0. The first-order valence-electron chi connectivity index (χ1n) is 5.51. The quantitative estimate of drug-likeness (QED) is 0.671. The topological polar surface area (TPSA) is 75.4 Å². The maximum atomic E-state index is 11.7. The van der Waals surface area contributed by atoms with Crippen molar-refractivity contribution < 1.29 is 9.90 Å². The summed E-state index contributed by atoms with van der Waals surface area (Å²) in [4.78, 5) is 11.7. The lowest BCUT2D eigenvalue weighted by Gasteiger charge is -2.35. The lowest BCUT2D eigenvalue weighted by Crippen LogP contribution is -2.56. The third-order valence-corrected chi connectivity index (χ3v) is 4.98. The molecular weight excluding hydrogens is 224 g/mol. The highest BCUT2D eigenvalue weighted by Gasteiger charge is 2.48. The number of thioether (sulfide) groups is 1. The molecule has 4 nitrogen and oxygen atoms in total. The van der Waals surface area contributed by atoms with Crippen LogP contribution in [0.3, 0.4) is 0 Å². The number of hydrogen-bond donors (Lipinski definition) is 3. The van der Waals surface area contributed by atoms with E-state index in [-0.39, 0.29) is 28.7 Å². The summed E-state index contributed by atoms with van der Waals surface area (Å²) in [6.07, 6.45) is 0. The van der Waals surface area contributed by atoms with Gasteiger partial charge in [-0.15, -0.1) is 0 Å². The van der Waals surface area contributed by atoms with Gasteiger partial charge in [-0.05, 0) is 19.3 Å². The highest BCUT2D eigenvalue weighted by Crippen LogP contribution is 2.47. The van der Waals surface area contributed by atoms with Gasteiger partial charge in [0.25, 0.3) is 0 Å². The Bertz CT molecular complexity index is 263. The molecule has 0 aliphatic carbocycles. The van der Waals surface area contributed by atoms with Crippen molar-refractivity contribution in [2.24, 2.45) is 11.1 Å². The SMILES string of the molecule is CC1(C)CSC(C)(C)C1NC(=O)[C@H](N)CO. The highest BCUT2D eigenvalue weighted by molar-refractivity contribution is 8.01. The van der Waals surface area contributed by atoms with E-state index in [1.807, 2.05) is 11.8 Å². The van der Waals surface area contributed by atoms with Crippen LogP contribution >= 0.6 is 11.8 Å². The normalized spacial score (nSPS) is 28.8. The van der Waals surface area contributed by atoms with Gasteiger partial charge in [-0.2, -0.15) is 11.8 Å². The van der Waals surface area contributed by atoms with Crippen molar-refractivity contribution in [2.45, 2.75) is 44.5 Å². The summed E-state index contributed by atoms with van der Waals surface area (Å²) in [5.74, 6) is 0.746. The zero-order valence-electron chi connectivity index (χ0n) is 10.4. The Labute approximate surface area is 101 Å². The van der Waals surface area contributed by atoms with Crippen molar-refractivity contribution in [3.05, 3.63) is 0 Å². The lowest BCUT2D eigenvalue weighted by atomic mass is 9.80. The van der Waals surface area contributed by atoms with E-state index in [0.29, 0.717) is 0 Å². The number of carbonyl (C=O) groups excluding carboxylic acids is 1. The average molecular weight is 246 g/mol. The molecule has 0 aromatic rings. The van der Waals surface area contributed by atoms with Crippen molar-refractivity contribution in [3.63, 3.8) is 0 Å². The van der Waals surface area contributed by atoms with Crippen molar-refractivity contribution in [3.8, 4) is 0 Å². The van der Waals surface area contributed by atoms with E-state index in [0.717, 1.165) is 5.75 Å². The van der Waals surface area contributed by atoms with Gasteiger partial charge in [-0.25, -0.2) is 0 Å². The first-order valence-corrected chi connectivity index (χ1v) is 6.50. The van der Waals surface area contributed by atoms with Crippen LogP contribution < -0.4 is 11.1 Å². The van der Waals surface area contributed by atoms with Crippen LogP contribution in [0.1, 0.15) is 27.7 Å². The third-order valence-electron chi connectivity index (χ3n) is 3.11. The van der Waals surface area contributed by atoms with Gasteiger partial charge >= 0.3 is 0 Å². The molecule has 1 amide bonds. The van der Waals surface area contributed by atoms with Crippen LogP contribution in [0.4, 0.5) is 0 Å². The second-order valence-electron chi connectivity index (χ2n) is 5.61. The van der Waals surface area contributed by atoms with E-state index in [1.165, 1.54) is 0 Å². The summed E-state index contributed by atoms with van der Waals surface area (Å²) < 4.78 is 0.00827. The molecule has 1 heterocycles. The van der Waals surface area contributed by atoms with Gasteiger partial charge in [0.15, 0.2) is 0 Å². The fourth-order valence-corrected chi connectivity index (χ4v) is 3.64. The van der Waals surface area contributed by atoms with Crippen LogP contribution in [0.2, 0.25) is 0 Å². The Morgan fingerprint density at radius 2 is 2.12 bits per heavy atom. The zero-order chi connectivity index (χ0) is 12.6. The summed E-state index contributed by atoms with van der Waals surface area (Å²) in [6.45, 7) is 8.23. The molecule has 1 saturated heterocycles. The van der Waals surface area contributed by atoms with Gasteiger partial charge in [-0.3, -0.25) is 4.79 Å². The highest BCUT2D eigenvalue weighted by atomic mass is 32.2. The number of rotatable bonds is 3. The van der Waals surface area contributed by atoms with Crippen molar-refractivity contribution in [1.82, 2.24) is 5.32 Å². The molecule has 0 radical (unpaired) electrons. The van der Waals surface area contributed by atoms with Crippen molar-refractivity contribution in [1.29, 1.82) is 0 Å². The first-order chi connectivity index (χ1) is 7.20. The summed E-state index contributed by atoms with van der Waals surface area (Å²) in [5.41, 5.74) is 5.56. The number of aliphatic hydroxyl groups is 1. The molecule has 1 aliphatic rings. The monoisotopic (exact) mass is 246 g/mol. The molecule has 0 aromatic heterocycles. The fourth-order valence-electron chi connectivity index (χ4n) is 2.18. The first kappa shape index (κ1) is 13.8. The van der Waals surface area contributed by atoms with Gasteiger partial charge in [0, 0.05) is 16.5 Å². The van der Waals surface area contributed by atoms with Gasteiger partial charge in [0.1, 0.15) is 6.04 Å². The summed E-state index contributed by atoms with van der Waals surface area (Å²) >= 11 is 1.86. The Balaban J connectivity index is 2.74. The number of amides is 1. The van der Waals surface area contributed by atoms with Crippen molar-refractivity contribution in [2.75, 3.05) is 12.4 Å². The third kappa shape index (κ3) is 2.70. The molecule has 1 aliphatic heterocycles. The van der Waals surface area contributed by atoms with Gasteiger partial charge in [0.2, 0.25) is 5.91 Å². The molecule has 1 rings (SSSR count). The number of nitrogens with one attached hydrogen (secondary N) is 1. The number of carbonyl (C=O) groups is 1. The van der Waals surface area contributed by atoms with E-state index >= 15 is 0 Å². The molecule has 5 heteroatoms. The van der Waals surface area contributed by atoms with Crippen molar-refractivity contribution >= 4 is 17.7 Å². The molecule has 0 bridgehead atoms. The van der Waals surface area contributed by atoms with Crippen LogP contribution in [0.5, 0.6) is 0 Å². The standard InChI is InChI=1S/C11H22N2O2S/c1-10(2)6-16-11(3,4)9(10)13-8(15)7(12)5-14/h7,9,14H,5-6,12H2,1-4H3,(H,13,15)/t7-,9?/m1/s1. The maximum absolute atomic E-state index is 11.7. The van der Waals surface area contributed by atoms with Gasteiger partial charge < -0.3 is 16.2 Å².